The van der Waals surface area contributed by atoms with E-state index in [-0.39, 0.29) is 17.2 Å². The monoisotopic (exact) mass is 325 g/mol. The highest BCUT2D eigenvalue weighted by Crippen LogP contribution is 2.16. The van der Waals surface area contributed by atoms with Gasteiger partial charge in [0.1, 0.15) is 5.69 Å². The van der Waals surface area contributed by atoms with E-state index in [1.807, 2.05) is 38.1 Å². The summed E-state index contributed by atoms with van der Waals surface area (Å²) in [6.45, 7) is 5.89. The quantitative estimate of drug-likeness (QED) is 0.808. The van der Waals surface area contributed by atoms with Crippen molar-refractivity contribution in [2.24, 2.45) is 5.92 Å². The zero-order chi connectivity index (χ0) is 17.1. The van der Waals surface area contributed by atoms with Gasteiger partial charge >= 0.3 is 0 Å². The number of aryl methyl sites for hydroxylation is 2. The number of hydrogen-bond donors (Lipinski definition) is 3. The zero-order valence-corrected chi connectivity index (χ0v) is 14.1. The van der Waals surface area contributed by atoms with Gasteiger partial charge in [-0.1, -0.05) is 12.1 Å². The number of carbonyl (C=O) groups excluding carboxylic acids is 1. The van der Waals surface area contributed by atoms with Crippen LogP contribution in [0.25, 0.3) is 0 Å². The van der Waals surface area contributed by atoms with E-state index >= 15 is 0 Å². The number of aromatic amines is 1. The number of H-pyrrole nitrogens is 1. The van der Waals surface area contributed by atoms with Gasteiger partial charge in [-0.3, -0.25) is 9.59 Å². The van der Waals surface area contributed by atoms with Gasteiger partial charge in [0.05, 0.1) is 0 Å². The fourth-order valence-corrected chi connectivity index (χ4v) is 3.03. The molecule has 3 N–H and O–H groups in total. The Kier molecular flexibility index (Phi) is 4.81. The van der Waals surface area contributed by atoms with E-state index in [2.05, 4.69) is 15.6 Å². The third-order valence-electron chi connectivity index (χ3n) is 4.65. The van der Waals surface area contributed by atoms with Crippen molar-refractivity contribution in [3.8, 4) is 0 Å². The third-order valence-corrected chi connectivity index (χ3v) is 4.65. The van der Waals surface area contributed by atoms with Gasteiger partial charge in [0.2, 0.25) is 0 Å². The molecule has 1 atom stereocenters. The third kappa shape index (κ3) is 3.74. The lowest BCUT2D eigenvalue weighted by atomic mass is 9.98. The highest BCUT2D eigenvalue weighted by molar-refractivity contribution is 6.04. The number of nitrogens with one attached hydrogen (secondary N) is 3. The van der Waals surface area contributed by atoms with E-state index in [1.54, 1.807) is 6.07 Å². The second kappa shape index (κ2) is 7.01. The van der Waals surface area contributed by atoms with Crippen molar-refractivity contribution in [2.45, 2.75) is 26.7 Å². The molecule has 0 aliphatic carbocycles. The minimum absolute atomic E-state index is 0.266. The van der Waals surface area contributed by atoms with Crippen LogP contribution in [-0.4, -0.2) is 24.0 Å². The topological polar surface area (TPSA) is 74.0 Å². The molecule has 0 spiro atoms. The molecule has 126 valence electrons. The Balaban J connectivity index is 1.69. The van der Waals surface area contributed by atoms with E-state index in [9.17, 15) is 9.59 Å². The first-order valence-corrected chi connectivity index (χ1v) is 8.34. The summed E-state index contributed by atoms with van der Waals surface area (Å²) in [6.07, 6.45) is 2.24. The molecule has 3 rings (SSSR count). The van der Waals surface area contributed by atoms with Gasteiger partial charge in [-0.05, 0) is 75.0 Å². The lowest BCUT2D eigenvalue weighted by molar-refractivity contribution is 0.102. The van der Waals surface area contributed by atoms with E-state index in [0.717, 1.165) is 30.8 Å². The normalized spacial score (nSPS) is 17.0. The molecular formula is C19H23N3O2. The summed E-state index contributed by atoms with van der Waals surface area (Å²) in [6, 6.07) is 9.34. The summed E-state index contributed by atoms with van der Waals surface area (Å²) in [4.78, 5) is 27.0. The Labute approximate surface area is 141 Å². The van der Waals surface area contributed by atoms with Crippen LogP contribution in [-0.2, 0) is 6.42 Å². The van der Waals surface area contributed by atoms with Crippen molar-refractivity contribution in [1.82, 2.24) is 10.3 Å². The molecule has 2 heterocycles. The second-order valence-corrected chi connectivity index (χ2v) is 6.53. The fourth-order valence-electron chi connectivity index (χ4n) is 3.03. The predicted octanol–water partition coefficient (Wildman–Crippen LogP) is 2.40. The first kappa shape index (κ1) is 16.5. The molecule has 1 aliphatic heterocycles. The number of benzene rings is 1. The number of hydrogen-bond acceptors (Lipinski definition) is 3. The van der Waals surface area contributed by atoms with Gasteiger partial charge in [0.25, 0.3) is 11.5 Å². The van der Waals surface area contributed by atoms with Crippen LogP contribution in [0.2, 0.25) is 0 Å². The maximum Gasteiger partial charge on any atom is 0.271 e. The summed E-state index contributed by atoms with van der Waals surface area (Å²) < 4.78 is 0. The molecule has 1 saturated heterocycles. The molecule has 2 aromatic rings. The number of carbonyl (C=O) groups is 1. The van der Waals surface area contributed by atoms with Crippen LogP contribution in [0.3, 0.4) is 0 Å². The van der Waals surface area contributed by atoms with Crippen LogP contribution in [0, 0.1) is 19.8 Å². The van der Waals surface area contributed by atoms with Gasteiger partial charge < -0.3 is 15.6 Å². The van der Waals surface area contributed by atoms with E-state index in [1.165, 1.54) is 12.0 Å². The van der Waals surface area contributed by atoms with Crippen LogP contribution < -0.4 is 16.2 Å². The van der Waals surface area contributed by atoms with Crippen molar-refractivity contribution in [3.05, 3.63) is 63.1 Å². The number of anilines is 1. The number of pyridine rings is 1. The lowest BCUT2D eigenvalue weighted by Crippen LogP contribution is -2.20. The molecule has 1 aromatic heterocycles. The average molecular weight is 325 g/mol. The maximum atomic E-state index is 12.3. The van der Waals surface area contributed by atoms with Crippen LogP contribution >= 0.6 is 0 Å². The molecule has 24 heavy (non-hydrogen) atoms. The highest BCUT2D eigenvalue weighted by Gasteiger charge is 2.15. The van der Waals surface area contributed by atoms with Gasteiger partial charge in [-0.2, -0.15) is 0 Å². The Morgan fingerprint density at radius 2 is 2.00 bits per heavy atom. The summed E-state index contributed by atoms with van der Waals surface area (Å²) in [5.74, 6) is 0.414. The molecule has 0 radical (unpaired) electrons. The molecule has 0 bridgehead atoms. The van der Waals surface area contributed by atoms with Gasteiger partial charge in [-0.15, -0.1) is 0 Å². The van der Waals surface area contributed by atoms with Crippen LogP contribution in [0.5, 0.6) is 0 Å². The Morgan fingerprint density at radius 1 is 1.25 bits per heavy atom. The lowest BCUT2D eigenvalue weighted by Gasteiger charge is -2.10. The SMILES string of the molecule is Cc1cc(NC(=O)c2ccc(CC3CCNC3)cc2)c(=O)[nH]c1C. The van der Waals surface area contributed by atoms with Gasteiger partial charge in [-0.25, -0.2) is 0 Å². The summed E-state index contributed by atoms with van der Waals surface area (Å²) in [5, 5.41) is 6.06. The Hall–Kier alpha value is -2.40. The van der Waals surface area contributed by atoms with Crippen LogP contribution in [0.4, 0.5) is 5.69 Å². The number of amides is 1. The zero-order valence-electron chi connectivity index (χ0n) is 14.1. The predicted molar refractivity (Wildman–Crippen MR) is 95.6 cm³/mol. The van der Waals surface area contributed by atoms with Crippen molar-refractivity contribution in [2.75, 3.05) is 18.4 Å². The first-order valence-electron chi connectivity index (χ1n) is 8.34. The largest absolute Gasteiger partial charge is 0.324 e. The summed E-state index contributed by atoms with van der Waals surface area (Å²) in [5.41, 5.74) is 3.54. The molecule has 1 aliphatic rings. The van der Waals surface area contributed by atoms with Gasteiger partial charge in [0.15, 0.2) is 0 Å². The first-order chi connectivity index (χ1) is 11.5. The van der Waals surface area contributed by atoms with E-state index in [0.29, 0.717) is 11.5 Å². The Bertz CT molecular complexity index is 787. The van der Waals surface area contributed by atoms with Crippen molar-refractivity contribution >= 4 is 11.6 Å². The van der Waals surface area contributed by atoms with Crippen molar-refractivity contribution in [3.63, 3.8) is 0 Å². The molecule has 1 aromatic carbocycles. The molecule has 1 amide bonds. The van der Waals surface area contributed by atoms with Crippen LogP contribution in [0.1, 0.15) is 33.6 Å². The van der Waals surface area contributed by atoms with Crippen molar-refractivity contribution in [1.29, 1.82) is 0 Å². The molecule has 5 nitrogen and oxygen atoms in total. The maximum absolute atomic E-state index is 12.3. The summed E-state index contributed by atoms with van der Waals surface area (Å²) in [7, 11) is 0. The molecule has 1 fully saturated rings. The molecule has 0 saturated carbocycles. The minimum atomic E-state index is -0.281. The minimum Gasteiger partial charge on any atom is -0.324 e. The van der Waals surface area contributed by atoms with E-state index < -0.39 is 0 Å². The Morgan fingerprint density at radius 3 is 2.67 bits per heavy atom. The van der Waals surface area contributed by atoms with Crippen molar-refractivity contribution < 1.29 is 4.79 Å². The summed E-state index contributed by atoms with van der Waals surface area (Å²) >= 11 is 0. The highest BCUT2D eigenvalue weighted by atomic mass is 16.2. The van der Waals surface area contributed by atoms with Gasteiger partial charge in [0, 0.05) is 11.3 Å². The average Bonchev–Trinajstić information content (AvgIpc) is 3.06. The standard InChI is InChI=1S/C19H23N3O2/c1-12-9-17(19(24)21-13(12)2)22-18(23)16-5-3-14(4-6-16)10-15-7-8-20-11-15/h3-6,9,15,20H,7-8,10-11H2,1-2H3,(H,21,24)(H,22,23). The fraction of sp³-hybridized carbons (Fsp3) is 0.368. The molecule has 5 heteroatoms. The number of rotatable bonds is 4. The molecule has 1 unspecified atom stereocenters. The second-order valence-electron chi connectivity index (χ2n) is 6.53. The number of aromatic nitrogens is 1. The van der Waals surface area contributed by atoms with Crippen LogP contribution in [0.15, 0.2) is 35.1 Å². The molecular weight excluding hydrogens is 302 g/mol. The smallest absolute Gasteiger partial charge is 0.271 e. The van der Waals surface area contributed by atoms with E-state index in [4.69, 9.17) is 0 Å².